The summed E-state index contributed by atoms with van der Waals surface area (Å²) in [5.41, 5.74) is 1.45. The number of nitrogens with zero attached hydrogens (tertiary/aromatic N) is 2. The number of hydrogen-bond acceptors (Lipinski definition) is 3. The van der Waals surface area contributed by atoms with Gasteiger partial charge in [0.2, 0.25) is 0 Å². The lowest BCUT2D eigenvalue weighted by atomic mass is 9.79. The summed E-state index contributed by atoms with van der Waals surface area (Å²) in [5, 5.41) is 5.87. The summed E-state index contributed by atoms with van der Waals surface area (Å²) >= 11 is 0. The molecule has 0 unspecified atom stereocenters. The van der Waals surface area contributed by atoms with E-state index in [-0.39, 0.29) is 18.3 Å². The second kappa shape index (κ2) is 4.11. The average Bonchev–Trinajstić information content (AvgIpc) is 3.11. The minimum Gasteiger partial charge on any atom is -0.399 e. The van der Waals surface area contributed by atoms with Crippen LogP contribution in [-0.4, -0.2) is 28.1 Å². The molecule has 4 nitrogen and oxygen atoms in total. The van der Waals surface area contributed by atoms with Gasteiger partial charge in [-0.3, -0.25) is 4.68 Å². The predicted octanol–water partition coefficient (Wildman–Crippen LogP) is 2.67. The Morgan fingerprint density at radius 2 is 1.81 bits per heavy atom. The van der Waals surface area contributed by atoms with E-state index in [9.17, 15) is 0 Å². The lowest BCUT2D eigenvalue weighted by Crippen LogP contribution is -2.41. The van der Waals surface area contributed by atoms with Crippen molar-refractivity contribution in [1.29, 1.82) is 0 Å². The van der Waals surface area contributed by atoms with Gasteiger partial charge in [0, 0.05) is 11.6 Å². The Kier molecular flexibility index (Phi) is 2.61. The quantitative estimate of drug-likeness (QED) is 0.795. The Labute approximate surface area is 125 Å². The summed E-state index contributed by atoms with van der Waals surface area (Å²) < 4.78 is 14.3. The molecule has 0 amide bonds. The van der Waals surface area contributed by atoms with Crippen LogP contribution in [0.4, 0.5) is 0 Å². The summed E-state index contributed by atoms with van der Waals surface area (Å²) in [6, 6.07) is 6.90. The van der Waals surface area contributed by atoms with Gasteiger partial charge in [-0.25, -0.2) is 0 Å². The normalized spacial score (nSPS) is 23.9. The van der Waals surface area contributed by atoms with Crippen LogP contribution in [0.1, 0.15) is 46.6 Å². The van der Waals surface area contributed by atoms with E-state index in [1.165, 1.54) is 18.2 Å². The molecule has 1 aliphatic heterocycles. The van der Waals surface area contributed by atoms with Gasteiger partial charge in [-0.1, -0.05) is 12.1 Å². The van der Waals surface area contributed by atoms with Gasteiger partial charge in [-0.2, -0.15) is 5.10 Å². The SMILES string of the molecule is CC1(C)OB(c2ccc3cn(C4CC4)nc3c2)OC1(C)C. The molecule has 0 atom stereocenters. The topological polar surface area (TPSA) is 36.3 Å². The average molecular weight is 284 g/mol. The first-order chi connectivity index (χ1) is 9.86. The zero-order chi connectivity index (χ0) is 14.8. The lowest BCUT2D eigenvalue weighted by molar-refractivity contribution is 0.00578. The third kappa shape index (κ3) is 2.10. The van der Waals surface area contributed by atoms with Crippen molar-refractivity contribution < 1.29 is 9.31 Å². The van der Waals surface area contributed by atoms with Crippen LogP contribution in [0.25, 0.3) is 10.9 Å². The molecule has 21 heavy (non-hydrogen) atoms. The van der Waals surface area contributed by atoms with E-state index < -0.39 is 0 Å². The maximum absolute atomic E-state index is 6.11. The van der Waals surface area contributed by atoms with Crippen LogP contribution in [0, 0.1) is 0 Å². The Morgan fingerprint density at radius 3 is 2.43 bits per heavy atom. The fraction of sp³-hybridized carbons (Fsp3) is 0.562. The van der Waals surface area contributed by atoms with Crippen LogP contribution < -0.4 is 5.46 Å². The minimum atomic E-state index is -0.314. The molecule has 1 aromatic carbocycles. The first kappa shape index (κ1) is 13.3. The van der Waals surface area contributed by atoms with Gasteiger partial charge < -0.3 is 9.31 Å². The highest BCUT2D eigenvalue weighted by atomic mass is 16.7. The number of fused-ring (bicyclic) bond motifs is 1. The summed E-state index contributed by atoms with van der Waals surface area (Å²) in [5.74, 6) is 0. The van der Waals surface area contributed by atoms with Gasteiger partial charge in [0.25, 0.3) is 0 Å². The molecule has 0 spiro atoms. The Morgan fingerprint density at radius 1 is 1.14 bits per heavy atom. The molecule has 2 heterocycles. The molecule has 2 aromatic rings. The van der Waals surface area contributed by atoms with Crippen molar-refractivity contribution in [3.8, 4) is 0 Å². The second-order valence-corrected chi connectivity index (χ2v) is 7.25. The molecule has 5 heteroatoms. The maximum atomic E-state index is 6.11. The van der Waals surface area contributed by atoms with E-state index in [1.54, 1.807) is 0 Å². The highest BCUT2D eigenvalue weighted by Crippen LogP contribution is 2.37. The summed E-state index contributed by atoms with van der Waals surface area (Å²) in [7, 11) is -0.314. The third-order valence-corrected chi connectivity index (χ3v) is 5.00. The van der Waals surface area contributed by atoms with Gasteiger partial charge >= 0.3 is 7.12 Å². The van der Waals surface area contributed by atoms with Gasteiger partial charge in [-0.15, -0.1) is 0 Å². The van der Waals surface area contributed by atoms with Crippen LogP contribution in [0.5, 0.6) is 0 Å². The number of benzene rings is 1. The summed E-state index contributed by atoms with van der Waals surface area (Å²) in [6.07, 6.45) is 4.64. The second-order valence-electron chi connectivity index (χ2n) is 7.25. The summed E-state index contributed by atoms with van der Waals surface area (Å²) in [4.78, 5) is 0. The molecule has 1 saturated carbocycles. The highest BCUT2D eigenvalue weighted by Gasteiger charge is 2.51. The van der Waals surface area contributed by atoms with E-state index in [1.807, 2.05) is 0 Å². The molecule has 110 valence electrons. The van der Waals surface area contributed by atoms with Crippen molar-refractivity contribution in [1.82, 2.24) is 9.78 Å². The van der Waals surface area contributed by atoms with E-state index in [2.05, 4.69) is 61.9 Å². The van der Waals surface area contributed by atoms with Crippen molar-refractivity contribution in [2.24, 2.45) is 0 Å². The maximum Gasteiger partial charge on any atom is 0.494 e. The van der Waals surface area contributed by atoms with Gasteiger partial charge in [0.15, 0.2) is 0 Å². The number of hydrogen-bond donors (Lipinski definition) is 0. The molecule has 4 rings (SSSR count). The Bertz CT molecular complexity index is 687. The first-order valence-electron chi connectivity index (χ1n) is 7.70. The third-order valence-electron chi connectivity index (χ3n) is 5.00. The van der Waals surface area contributed by atoms with Crippen molar-refractivity contribution in [3.05, 3.63) is 24.4 Å². The minimum absolute atomic E-state index is 0.306. The number of rotatable bonds is 2. The smallest absolute Gasteiger partial charge is 0.399 e. The largest absolute Gasteiger partial charge is 0.494 e. The van der Waals surface area contributed by atoms with Crippen molar-refractivity contribution in [3.63, 3.8) is 0 Å². The molecular formula is C16H21BN2O2. The molecular weight excluding hydrogens is 263 g/mol. The molecule has 0 N–H and O–H groups in total. The summed E-state index contributed by atoms with van der Waals surface area (Å²) in [6.45, 7) is 8.31. The standard InChI is InChI=1S/C16H21BN2O2/c1-15(2)16(3,4)21-17(20-15)12-6-5-11-10-19(13-7-8-13)18-14(11)9-12/h5-6,9-10,13H,7-8H2,1-4H3. The van der Waals surface area contributed by atoms with E-state index in [0.29, 0.717) is 6.04 Å². The van der Waals surface area contributed by atoms with Crippen LogP contribution in [0.2, 0.25) is 0 Å². The Hall–Kier alpha value is -1.33. The molecule has 1 saturated heterocycles. The van der Waals surface area contributed by atoms with Crippen LogP contribution in [0.15, 0.2) is 24.4 Å². The predicted molar refractivity (Wildman–Crippen MR) is 83.7 cm³/mol. The zero-order valence-corrected chi connectivity index (χ0v) is 13.1. The molecule has 0 bridgehead atoms. The van der Waals surface area contributed by atoms with E-state index in [0.717, 1.165) is 11.0 Å². The molecule has 0 radical (unpaired) electrons. The van der Waals surface area contributed by atoms with Gasteiger partial charge in [0.1, 0.15) is 0 Å². The van der Waals surface area contributed by atoms with Crippen LogP contribution >= 0.6 is 0 Å². The van der Waals surface area contributed by atoms with Gasteiger partial charge in [0.05, 0.1) is 22.8 Å². The number of aromatic nitrogens is 2. The van der Waals surface area contributed by atoms with E-state index >= 15 is 0 Å². The van der Waals surface area contributed by atoms with Crippen molar-refractivity contribution in [2.75, 3.05) is 0 Å². The molecule has 1 aromatic heterocycles. The van der Waals surface area contributed by atoms with Crippen molar-refractivity contribution in [2.45, 2.75) is 57.8 Å². The Balaban J connectivity index is 1.68. The highest BCUT2D eigenvalue weighted by molar-refractivity contribution is 6.62. The monoisotopic (exact) mass is 284 g/mol. The van der Waals surface area contributed by atoms with Crippen molar-refractivity contribution >= 4 is 23.5 Å². The molecule has 2 aliphatic rings. The lowest BCUT2D eigenvalue weighted by Gasteiger charge is -2.32. The van der Waals surface area contributed by atoms with Gasteiger partial charge in [-0.05, 0) is 52.1 Å². The molecule has 1 aliphatic carbocycles. The fourth-order valence-corrected chi connectivity index (χ4v) is 2.70. The van der Waals surface area contributed by atoms with E-state index in [4.69, 9.17) is 9.31 Å². The molecule has 2 fully saturated rings. The van der Waals surface area contributed by atoms with Crippen LogP contribution in [0.3, 0.4) is 0 Å². The van der Waals surface area contributed by atoms with Crippen LogP contribution in [-0.2, 0) is 9.31 Å². The first-order valence-corrected chi connectivity index (χ1v) is 7.70. The zero-order valence-electron chi connectivity index (χ0n) is 13.1. The fourth-order valence-electron chi connectivity index (χ4n) is 2.70.